The molecule has 1 heterocycles. The molecule has 5 rings (SSSR count). The molecule has 2 aliphatic carbocycles. The summed E-state index contributed by atoms with van der Waals surface area (Å²) in [6, 6.07) is 20.0. The van der Waals surface area contributed by atoms with Crippen LogP contribution in [0.4, 0.5) is 5.82 Å². The van der Waals surface area contributed by atoms with Crippen molar-refractivity contribution in [2.45, 2.75) is 38.1 Å². The van der Waals surface area contributed by atoms with Gasteiger partial charge in [-0.3, -0.25) is 0 Å². The predicted molar refractivity (Wildman–Crippen MR) is 99.2 cm³/mol. The first kappa shape index (κ1) is 14.0. The monoisotopic (exact) mass is 314 g/mol. The number of rotatable bonds is 2. The molecule has 0 saturated heterocycles. The van der Waals surface area contributed by atoms with Gasteiger partial charge in [0, 0.05) is 11.6 Å². The highest BCUT2D eigenvalue weighted by atomic mass is 15.0. The van der Waals surface area contributed by atoms with Crippen LogP contribution in [0.3, 0.4) is 0 Å². The first-order chi connectivity index (χ1) is 11.9. The molecule has 2 nitrogen and oxygen atoms in total. The van der Waals surface area contributed by atoms with Gasteiger partial charge in [0.25, 0.3) is 0 Å². The Labute approximate surface area is 142 Å². The average molecular weight is 314 g/mol. The summed E-state index contributed by atoms with van der Waals surface area (Å²) in [7, 11) is 0. The lowest BCUT2D eigenvalue weighted by molar-refractivity contribution is 0.271. The molecule has 0 aliphatic heterocycles. The van der Waals surface area contributed by atoms with Crippen molar-refractivity contribution in [3.63, 3.8) is 0 Å². The minimum Gasteiger partial charge on any atom is -0.362 e. The van der Waals surface area contributed by atoms with Gasteiger partial charge < -0.3 is 5.32 Å². The Balaban J connectivity index is 1.61. The van der Waals surface area contributed by atoms with Crippen LogP contribution in [0.5, 0.6) is 0 Å². The van der Waals surface area contributed by atoms with Gasteiger partial charge in [-0.1, -0.05) is 61.4 Å². The third-order valence-electron chi connectivity index (χ3n) is 6.08. The lowest BCUT2D eigenvalue weighted by Gasteiger charge is -2.33. The molecular formula is C22H22N2. The highest BCUT2D eigenvalue weighted by Gasteiger charge is 2.47. The van der Waals surface area contributed by atoms with Crippen LogP contribution in [0.1, 0.15) is 42.9 Å². The molecule has 120 valence electrons. The summed E-state index contributed by atoms with van der Waals surface area (Å²) >= 11 is 0. The summed E-state index contributed by atoms with van der Waals surface area (Å²) < 4.78 is 0. The summed E-state index contributed by atoms with van der Waals surface area (Å²) in [5, 5.41) is 6.33. The zero-order chi connectivity index (χ0) is 16.0. The van der Waals surface area contributed by atoms with E-state index < -0.39 is 0 Å². The first-order valence-electron chi connectivity index (χ1n) is 9.04. The fraction of sp³-hybridized carbons (Fsp3) is 0.318. The molecule has 24 heavy (non-hydrogen) atoms. The zero-order valence-electron chi connectivity index (χ0n) is 13.8. The Morgan fingerprint density at radius 1 is 0.917 bits per heavy atom. The van der Waals surface area contributed by atoms with Gasteiger partial charge in [-0.25, -0.2) is 4.98 Å². The van der Waals surface area contributed by atoms with Crippen molar-refractivity contribution in [1.82, 2.24) is 4.98 Å². The molecule has 0 amide bonds. The minimum absolute atomic E-state index is 0.377. The van der Waals surface area contributed by atoms with E-state index in [1.807, 2.05) is 6.20 Å². The summed E-state index contributed by atoms with van der Waals surface area (Å²) in [5.41, 5.74) is 3.38. The predicted octanol–water partition coefficient (Wildman–Crippen LogP) is 5.50. The maximum absolute atomic E-state index is 4.69. The molecule has 1 unspecified atom stereocenters. The number of aromatic nitrogens is 1. The largest absolute Gasteiger partial charge is 0.362 e. The van der Waals surface area contributed by atoms with E-state index in [0.29, 0.717) is 11.5 Å². The van der Waals surface area contributed by atoms with Crippen molar-refractivity contribution in [2.75, 3.05) is 5.32 Å². The van der Waals surface area contributed by atoms with Crippen LogP contribution < -0.4 is 5.32 Å². The normalized spacial score (nSPS) is 21.2. The van der Waals surface area contributed by atoms with Crippen molar-refractivity contribution < 1.29 is 0 Å². The van der Waals surface area contributed by atoms with Crippen molar-refractivity contribution in [3.05, 3.63) is 71.9 Å². The summed E-state index contributed by atoms with van der Waals surface area (Å²) in [6.45, 7) is 0. The minimum atomic E-state index is 0.377. The number of nitrogens with zero attached hydrogens (tertiary/aromatic N) is 1. The third-order valence-corrected chi connectivity index (χ3v) is 6.08. The summed E-state index contributed by atoms with van der Waals surface area (Å²) in [4.78, 5) is 4.69. The van der Waals surface area contributed by atoms with E-state index >= 15 is 0 Å². The van der Waals surface area contributed by atoms with Gasteiger partial charge in [0.1, 0.15) is 5.82 Å². The van der Waals surface area contributed by atoms with Gasteiger partial charge in [0.15, 0.2) is 0 Å². The van der Waals surface area contributed by atoms with Gasteiger partial charge in [0.05, 0.1) is 6.04 Å². The quantitative estimate of drug-likeness (QED) is 0.675. The Morgan fingerprint density at radius 3 is 2.62 bits per heavy atom. The number of hydrogen-bond donors (Lipinski definition) is 1. The van der Waals surface area contributed by atoms with Crippen molar-refractivity contribution in [2.24, 2.45) is 5.41 Å². The smallest absolute Gasteiger partial charge is 0.134 e. The molecule has 0 bridgehead atoms. The first-order valence-corrected chi connectivity index (χ1v) is 9.04. The zero-order valence-corrected chi connectivity index (χ0v) is 13.8. The van der Waals surface area contributed by atoms with Gasteiger partial charge >= 0.3 is 0 Å². The lowest BCUT2D eigenvalue weighted by atomic mass is 9.79. The lowest BCUT2D eigenvalue weighted by Crippen LogP contribution is -2.28. The molecule has 2 aromatic carbocycles. The topological polar surface area (TPSA) is 24.9 Å². The Hall–Kier alpha value is -2.35. The number of hydrogen-bond acceptors (Lipinski definition) is 2. The van der Waals surface area contributed by atoms with E-state index in [-0.39, 0.29) is 0 Å². The van der Waals surface area contributed by atoms with Crippen LogP contribution in [0, 0.1) is 5.41 Å². The second-order valence-electron chi connectivity index (χ2n) is 7.40. The standard InChI is InChI=1S/C22H22N2/c1-4-10-19-16(7-1)11-14-23-21(19)24-20-18-9-3-2-8-17(18)15-22(20)12-5-6-13-22/h1-4,7-11,14,20H,5-6,12-13,15H2,(H,23,24). The van der Waals surface area contributed by atoms with E-state index in [1.165, 1.54) is 54.0 Å². The molecule has 0 radical (unpaired) electrons. The molecule has 1 saturated carbocycles. The van der Waals surface area contributed by atoms with Crippen LogP contribution in [-0.4, -0.2) is 4.98 Å². The van der Waals surface area contributed by atoms with Crippen LogP contribution >= 0.6 is 0 Å². The van der Waals surface area contributed by atoms with Crippen molar-refractivity contribution in [1.29, 1.82) is 0 Å². The fourth-order valence-corrected chi connectivity index (χ4v) is 4.93. The molecular weight excluding hydrogens is 292 g/mol. The molecule has 3 aromatic rings. The molecule has 2 aliphatic rings. The number of pyridine rings is 1. The van der Waals surface area contributed by atoms with Crippen LogP contribution in [0.15, 0.2) is 60.8 Å². The van der Waals surface area contributed by atoms with Crippen LogP contribution in [-0.2, 0) is 6.42 Å². The SMILES string of the molecule is c1ccc2c(c1)CC1(CCCC1)C2Nc1nccc2ccccc12. The van der Waals surface area contributed by atoms with Crippen LogP contribution in [0.25, 0.3) is 10.8 Å². The molecule has 2 heteroatoms. The molecule has 1 spiro atoms. The Kier molecular flexibility index (Phi) is 3.12. The highest BCUT2D eigenvalue weighted by molar-refractivity contribution is 5.91. The second kappa shape index (κ2) is 5.34. The number of fused-ring (bicyclic) bond motifs is 2. The number of anilines is 1. The Morgan fingerprint density at radius 2 is 1.71 bits per heavy atom. The van der Waals surface area contributed by atoms with E-state index in [4.69, 9.17) is 0 Å². The van der Waals surface area contributed by atoms with Gasteiger partial charge in [0.2, 0.25) is 0 Å². The molecule has 1 aromatic heterocycles. The second-order valence-corrected chi connectivity index (χ2v) is 7.40. The number of nitrogens with one attached hydrogen (secondary N) is 1. The summed E-state index contributed by atoms with van der Waals surface area (Å²) in [6.07, 6.45) is 8.50. The maximum atomic E-state index is 4.69. The van der Waals surface area contributed by atoms with Gasteiger partial charge in [-0.05, 0) is 47.3 Å². The molecule has 1 atom stereocenters. The third kappa shape index (κ3) is 2.06. The van der Waals surface area contributed by atoms with E-state index in [2.05, 4.69) is 64.9 Å². The van der Waals surface area contributed by atoms with Crippen molar-refractivity contribution in [3.8, 4) is 0 Å². The highest BCUT2D eigenvalue weighted by Crippen LogP contribution is 2.56. The average Bonchev–Trinajstić information content (AvgIpc) is 3.21. The van der Waals surface area contributed by atoms with Crippen molar-refractivity contribution >= 4 is 16.6 Å². The molecule has 1 fully saturated rings. The van der Waals surface area contributed by atoms with E-state index in [0.717, 1.165) is 5.82 Å². The Bertz CT molecular complexity index is 888. The molecule has 1 N–H and O–H groups in total. The number of benzene rings is 2. The van der Waals surface area contributed by atoms with Crippen LogP contribution in [0.2, 0.25) is 0 Å². The van der Waals surface area contributed by atoms with E-state index in [1.54, 1.807) is 0 Å². The van der Waals surface area contributed by atoms with Gasteiger partial charge in [-0.15, -0.1) is 0 Å². The fourth-order valence-electron chi connectivity index (χ4n) is 4.93. The maximum Gasteiger partial charge on any atom is 0.134 e. The summed E-state index contributed by atoms with van der Waals surface area (Å²) in [5.74, 6) is 1.03. The van der Waals surface area contributed by atoms with Gasteiger partial charge in [-0.2, -0.15) is 0 Å². The van der Waals surface area contributed by atoms with E-state index in [9.17, 15) is 0 Å².